The molecular weight excluding hydrogens is 344 g/mol. The van der Waals surface area contributed by atoms with Crippen molar-refractivity contribution in [2.75, 3.05) is 37.3 Å². The number of likely N-dealkylation sites (N-methyl/N-ethyl adjacent to an activating group) is 1. The second-order valence-corrected chi connectivity index (χ2v) is 6.93. The number of aromatic nitrogens is 5. The number of piperidine rings is 1. The fourth-order valence-corrected chi connectivity index (χ4v) is 3.69. The van der Waals surface area contributed by atoms with E-state index in [1.54, 1.807) is 6.33 Å². The number of nitrogens with two attached hydrogens (primary N) is 1. The zero-order valence-electron chi connectivity index (χ0n) is 15.3. The molecule has 1 aliphatic heterocycles. The van der Waals surface area contributed by atoms with Gasteiger partial charge in [-0.05, 0) is 25.6 Å². The molecule has 1 saturated heterocycles. The van der Waals surface area contributed by atoms with E-state index in [4.69, 9.17) is 5.73 Å². The largest absolute Gasteiger partial charge is 0.390 e. The van der Waals surface area contributed by atoms with Crippen molar-refractivity contribution < 1.29 is 5.11 Å². The van der Waals surface area contributed by atoms with Crippen LogP contribution in [0.25, 0.3) is 11.2 Å². The van der Waals surface area contributed by atoms with Gasteiger partial charge in [-0.2, -0.15) is 9.97 Å². The highest BCUT2D eigenvalue weighted by molar-refractivity contribution is 5.84. The first-order valence-corrected chi connectivity index (χ1v) is 9.11. The molecule has 9 heteroatoms. The molecule has 0 spiro atoms. The fourth-order valence-electron chi connectivity index (χ4n) is 3.69. The molecule has 0 aliphatic carbocycles. The van der Waals surface area contributed by atoms with Crippen molar-refractivity contribution >= 4 is 22.9 Å². The number of pyridine rings is 1. The maximum atomic E-state index is 10.8. The molecule has 4 heterocycles. The minimum absolute atomic E-state index is 0.0985. The maximum absolute atomic E-state index is 10.8. The second-order valence-electron chi connectivity index (χ2n) is 6.93. The predicted molar refractivity (Wildman–Crippen MR) is 103 cm³/mol. The van der Waals surface area contributed by atoms with Gasteiger partial charge in [-0.15, -0.1) is 0 Å². The Morgan fingerprint density at radius 2 is 2.22 bits per heavy atom. The van der Waals surface area contributed by atoms with Gasteiger partial charge >= 0.3 is 0 Å². The van der Waals surface area contributed by atoms with Crippen LogP contribution in [0.1, 0.15) is 12.1 Å². The summed E-state index contributed by atoms with van der Waals surface area (Å²) in [5.74, 6) is 0.886. The highest BCUT2D eigenvalue weighted by Crippen LogP contribution is 2.26. The fraction of sp³-hybridized carbons (Fsp3) is 0.444. The van der Waals surface area contributed by atoms with Gasteiger partial charge in [0.15, 0.2) is 11.5 Å². The number of aliphatic hydroxyl groups is 1. The van der Waals surface area contributed by atoms with Gasteiger partial charge in [-0.1, -0.05) is 6.07 Å². The van der Waals surface area contributed by atoms with Gasteiger partial charge in [-0.25, -0.2) is 4.98 Å². The van der Waals surface area contributed by atoms with Crippen LogP contribution in [0.5, 0.6) is 0 Å². The number of nitrogens with zero attached hydrogens (tertiary/aromatic N) is 6. The van der Waals surface area contributed by atoms with Gasteiger partial charge < -0.3 is 25.6 Å². The van der Waals surface area contributed by atoms with Crippen molar-refractivity contribution in [1.82, 2.24) is 29.8 Å². The second kappa shape index (κ2) is 7.45. The first-order valence-electron chi connectivity index (χ1n) is 9.11. The molecule has 0 aromatic carbocycles. The van der Waals surface area contributed by atoms with Crippen LogP contribution in [0.3, 0.4) is 0 Å². The zero-order valence-corrected chi connectivity index (χ0v) is 15.3. The normalized spacial score (nSPS) is 20.5. The first-order chi connectivity index (χ1) is 13.1. The number of hydrogen-bond donors (Lipinski definition) is 3. The third kappa shape index (κ3) is 3.69. The van der Waals surface area contributed by atoms with Crippen molar-refractivity contribution in [3.05, 3.63) is 36.4 Å². The minimum atomic E-state index is -0.485. The number of aliphatic hydroxyl groups excluding tert-OH is 1. The van der Waals surface area contributed by atoms with Crippen LogP contribution < -0.4 is 10.6 Å². The van der Waals surface area contributed by atoms with Crippen LogP contribution >= 0.6 is 0 Å². The topological polar surface area (TPSA) is 120 Å². The summed E-state index contributed by atoms with van der Waals surface area (Å²) in [5, 5.41) is 10.8. The van der Waals surface area contributed by atoms with Crippen molar-refractivity contribution in [1.29, 1.82) is 0 Å². The van der Waals surface area contributed by atoms with E-state index >= 15 is 0 Å². The van der Waals surface area contributed by atoms with Gasteiger partial charge in [0.1, 0.15) is 5.52 Å². The number of H-pyrrole nitrogens is 1. The molecule has 1 aliphatic rings. The Morgan fingerprint density at radius 1 is 1.33 bits per heavy atom. The Balaban J connectivity index is 1.42. The molecule has 4 N–H and O–H groups in total. The Kier molecular flexibility index (Phi) is 4.87. The van der Waals surface area contributed by atoms with E-state index in [-0.39, 0.29) is 12.0 Å². The lowest BCUT2D eigenvalue weighted by atomic mass is 10.00. The van der Waals surface area contributed by atoms with E-state index in [9.17, 15) is 5.11 Å². The molecule has 0 bridgehead atoms. The molecule has 2 atom stereocenters. The molecule has 0 unspecified atom stereocenters. The SMILES string of the molecule is CN(CCc1ccccn1)[C@@H]1CCN(c2nc(N)nc3nc[nH]c23)C[C@H]1O. The number of aromatic amines is 1. The average molecular weight is 368 g/mol. The summed E-state index contributed by atoms with van der Waals surface area (Å²) in [6, 6.07) is 6.05. The van der Waals surface area contributed by atoms with Crippen LogP contribution in [0.4, 0.5) is 11.8 Å². The highest BCUT2D eigenvalue weighted by atomic mass is 16.3. The molecular formula is C18H24N8O. The third-order valence-electron chi connectivity index (χ3n) is 5.14. The van der Waals surface area contributed by atoms with Gasteiger partial charge in [-0.3, -0.25) is 4.98 Å². The maximum Gasteiger partial charge on any atom is 0.224 e. The smallest absolute Gasteiger partial charge is 0.224 e. The summed E-state index contributed by atoms with van der Waals surface area (Å²) in [6.07, 6.45) is 4.60. The lowest BCUT2D eigenvalue weighted by molar-refractivity contribution is 0.0508. The minimum Gasteiger partial charge on any atom is -0.390 e. The summed E-state index contributed by atoms with van der Waals surface area (Å²) in [6.45, 7) is 2.12. The summed E-state index contributed by atoms with van der Waals surface area (Å²) < 4.78 is 0. The molecule has 3 aromatic heterocycles. The number of nitrogens with one attached hydrogen (secondary N) is 1. The van der Waals surface area contributed by atoms with Crippen molar-refractivity contribution in [2.45, 2.75) is 25.0 Å². The number of β-amino-alcohol motifs (C(OH)–C–C–N with tert-alkyl or cyclic N) is 1. The number of fused-ring (bicyclic) bond motifs is 1. The quantitative estimate of drug-likeness (QED) is 0.593. The number of imidazole rings is 1. The van der Waals surface area contributed by atoms with Gasteiger partial charge in [0, 0.05) is 44.0 Å². The number of anilines is 2. The van der Waals surface area contributed by atoms with Crippen molar-refractivity contribution in [2.24, 2.45) is 0 Å². The Hall–Kier alpha value is -2.78. The Labute approximate surface area is 157 Å². The molecule has 0 saturated carbocycles. The van der Waals surface area contributed by atoms with Crippen molar-refractivity contribution in [3.8, 4) is 0 Å². The van der Waals surface area contributed by atoms with Gasteiger partial charge in [0.05, 0.1) is 12.4 Å². The van der Waals surface area contributed by atoms with E-state index in [2.05, 4.69) is 36.9 Å². The Bertz CT molecular complexity index is 899. The molecule has 9 nitrogen and oxygen atoms in total. The summed E-state index contributed by atoms with van der Waals surface area (Å²) in [5.41, 5.74) is 8.17. The standard InChI is InChI=1S/C18H24N8O/c1-25(8-5-12-4-2-3-7-20-12)13-6-9-26(10-14(13)27)17-15-16(22-11-21-15)23-18(19)24-17/h2-4,7,11,13-14,27H,5-6,8-10H2,1H3,(H3,19,21,22,23,24)/t13-,14-/m1/s1. The van der Waals surface area contributed by atoms with Gasteiger partial charge in [0.2, 0.25) is 5.95 Å². The molecule has 1 fully saturated rings. The van der Waals surface area contributed by atoms with Crippen LogP contribution in [-0.4, -0.2) is 73.8 Å². The number of nitrogen functional groups attached to an aromatic ring is 1. The molecule has 3 aromatic rings. The van der Waals surface area contributed by atoms with E-state index in [1.807, 2.05) is 29.3 Å². The van der Waals surface area contributed by atoms with Crippen LogP contribution in [-0.2, 0) is 6.42 Å². The lowest BCUT2D eigenvalue weighted by Crippen LogP contribution is -2.53. The monoisotopic (exact) mass is 368 g/mol. The van der Waals surface area contributed by atoms with Crippen molar-refractivity contribution in [3.63, 3.8) is 0 Å². The third-order valence-corrected chi connectivity index (χ3v) is 5.14. The van der Waals surface area contributed by atoms with E-state index in [1.165, 1.54) is 0 Å². The zero-order chi connectivity index (χ0) is 18.8. The summed E-state index contributed by atoms with van der Waals surface area (Å²) >= 11 is 0. The van der Waals surface area contributed by atoms with Gasteiger partial charge in [0.25, 0.3) is 0 Å². The highest BCUT2D eigenvalue weighted by Gasteiger charge is 2.32. The lowest BCUT2D eigenvalue weighted by Gasteiger charge is -2.40. The van der Waals surface area contributed by atoms with Crippen LogP contribution in [0.2, 0.25) is 0 Å². The Morgan fingerprint density at radius 3 is 3.00 bits per heavy atom. The summed E-state index contributed by atoms with van der Waals surface area (Å²) in [4.78, 5) is 24.4. The van der Waals surface area contributed by atoms with E-state index in [0.717, 1.165) is 37.1 Å². The molecule has 142 valence electrons. The summed E-state index contributed by atoms with van der Waals surface area (Å²) in [7, 11) is 2.06. The van der Waals surface area contributed by atoms with Crippen LogP contribution in [0, 0.1) is 0 Å². The van der Waals surface area contributed by atoms with E-state index in [0.29, 0.717) is 18.0 Å². The van der Waals surface area contributed by atoms with Crippen LogP contribution in [0.15, 0.2) is 30.7 Å². The predicted octanol–water partition coefficient (Wildman–Crippen LogP) is 0.444. The number of hydrogen-bond acceptors (Lipinski definition) is 8. The average Bonchev–Trinajstić information content (AvgIpc) is 3.14. The molecule has 27 heavy (non-hydrogen) atoms. The molecule has 4 rings (SSSR count). The molecule has 0 amide bonds. The first kappa shape index (κ1) is 17.6. The number of rotatable bonds is 5. The van der Waals surface area contributed by atoms with E-state index < -0.39 is 6.10 Å². The molecule has 0 radical (unpaired) electrons.